The van der Waals surface area contributed by atoms with Gasteiger partial charge in [0, 0.05) is 6.54 Å². The van der Waals surface area contributed by atoms with E-state index >= 15 is 0 Å². The van der Waals surface area contributed by atoms with Crippen LogP contribution in [0.15, 0.2) is 0 Å². The van der Waals surface area contributed by atoms with E-state index in [-0.39, 0.29) is 0 Å². The van der Waals surface area contributed by atoms with Crippen LogP contribution in [-0.4, -0.2) is 60.4 Å². The number of hydrogen-bond donors (Lipinski definition) is 1. The number of nitrogens with zero attached hydrogens (tertiary/aromatic N) is 1. The predicted octanol–water partition coefficient (Wildman–Crippen LogP) is 2.88. The molecule has 3 atom stereocenters. The average Bonchev–Trinajstić information content (AvgIpc) is 2.94. The molecule has 0 saturated carbocycles. The Labute approximate surface area is 162 Å². The molecule has 0 aliphatic carbocycles. The average molecular weight is 410 g/mol. The topological polar surface area (TPSA) is 84.9 Å². The third-order valence-corrected chi connectivity index (χ3v) is 4.29. The zero-order valence-electron chi connectivity index (χ0n) is 17.3. The van der Waals surface area contributed by atoms with Gasteiger partial charge in [-0.25, -0.2) is 9.59 Å². The summed E-state index contributed by atoms with van der Waals surface area (Å²) in [6.45, 7) is 9.02. The molecule has 7 nitrogen and oxygen atoms in total. The summed E-state index contributed by atoms with van der Waals surface area (Å²) in [5.41, 5.74) is -1.75. The Kier molecular flexibility index (Phi) is 7.01. The molecule has 1 aliphatic rings. The number of carbonyl (C=O) groups excluding carboxylic acids is 3. The third-order valence-electron chi connectivity index (χ3n) is 4.29. The van der Waals surface area contributed by atoms with Gasteiger partial charge in [-0.15, -0.1) is 0 Å². The van der Waals surface area contributed by atoms with E-state index < -0.39 is 66.1 Å². The molecule has 1 heterocycles. The van der Waals surface area contributed by atoms with Crippen LogP contribution in [0.2, 0.25) is 0 Å². The van der Waals surface area contributed by atoms with Crippen molar-refractivity contribution in [2.24, 2.45) is 11.3 Å². The lowest BCUT2D eigenvalue weighted by molar-refractivity contribution is -0.171. The van der Waals surface area contributed by atoms with E-state index in [1.165, 1.54) is 0 Å². The number of rotatable bonds is 3. The van der Waals surface area contributed by atoms with Gasteiger partial charge in [-0.1, -0.05) is 20.8 Å². The summed E-state index contributed by atoms with van der Waals surface area (Å²) in [6.07, 6.45) is -6.05. The van der Waals surface area contributed by atoms with E-state index in [0.29, 0.717) is 0 Å². The first-order valence-electron chi connectivity index (χ1n) is 8.92. The van der Waals surface area contributed by atoms with Crippen LogP contribution in [0.5, 0.6) is 0 Å². The Morgan fingerprint density at radius 3 is 2.00 bits per heavy atom. The van der Waals surface area contributed by atoms with Gasteiger partial charge < -0.3 is 19.7 Å². The number of esters is 1. The van der Waals surface area contributed by atoms with E-state index in [0.717, 1.165) is 12.0 Å². The van der Waals surface area contributed by atoms with Gasteiger partial charge in [0.15, 0.2) is 0 Å². The van der Waals surface area contributed by atoms with Crippen LogP contribution in [0.1, 0.15) is 48.0 Å². The van der Waals surface area contributed by atoms with Crippen LogP contribution >= 0.6 is 0 Å². The Bertz CT molecular complexity index is 608. The fourth-order valence-electron chi connectivity index (χ4n) is 2.90. The summed E-state index contributed by atoms with van der Waals surface area (Å²) in [5, 5.41) is 2.36. The van der Waals surface area contributed by atoms with Crippen molar-refractivity contribution >= 4 is 18.0 Å². The second-order valence-corrected chi connectivity index (χ2v) is 8.95. The van der Waals surface area contributed by atoms with E-state index in [2.05, 4.69) is 10.1 Å². The van der Waals surface area contributed by atoms with Gasteiger partial charge in [0.1, 0.15) is 17.7 Å². The number of alkyl carbamates (subject to hydrolysis) is 1. The van der Waals surface area contributed by atoms with Crippen molar-refractivity contribution in [2.45, 2.75) is 71.8 Å². The highest BCUT2D eigenvalue weighted by Gasteiger charge is 2.53. The van der Waals surface area contributed by atoms with Gasteiger partial charge in [-0.3, -0.25) is 4.79 Å². The first-order valence-corrected chi connectivity index (χ1v) is 8.92. The molecule has 2 amide bonds. The minimum absolute atomic E-state index is 0.584. The highest BCUT2D eigenvalue weighted by molar-refractivity contribution is 5.91. The van der Waals surface area contributed by atoms with Gasteiger partial charge in [0.25, 0.3) is 0 Å². The van der Waals surface area contributed by atoms with Crippen LogP contribution in [0.4, 0.5) is 18.0 Å². The van der Waals surface area contributed by atoms with Crippen LogP contribution in [-0.2, 0) is 19.1 Å². The van der Waals surface area contributed by atoms with Gasteiger partial charge in [0.05, 0.1) is 13.0 Å². The lowest BCUT2D eigenvalue weighted by Crippen LogP contribution is -2.57. The summed E-state index contributed by atoms with van der Waals surface area (Å²) in [6, 6.07) is -2.57. The summed E-state index contributed by atoms with van der Waals surface area (Å²) >= 11 is 0. The third kappa shape index (κ3) is 6.27. The van der Waals surface area contributed by atoms with E-state index in [1.54, 1.807) is 41.5 Å². The van der Waals surface area contributed by atoms with Crippen molar-refractivity contribution in [3.63, 3.8) is 0 Å². The largest absolute Gasteiger partial charge is 0.458 e. The van der Waals surface area contributed by atoms with Crippen molar-refractivity contribution < 1.29 is 37.0 Å². The number of halogens is 3. The Hall–Kier alpha value is -2.00. The molecule has 1 unspecified atom stereocenters. The quantitative estimate of drug-likeness (QED) is 0.724. The number of nitrogens with one attached hydrogen (secondary N) is 1. The maximum absolute atomic E-state index is 13.3. The monoisotopic (exact) mass is 410 g/mol. The van der Waals surface area contributed by atoms with Crippen LogP contribution in [0, 0.1) is 11.3 Å². The molecule has 0 aromatic heterocycles. The summed E-state index contributed by atoms with van der Waals surface area (Å²) in [5.74, 6) is -3.55. The zero-order chi connectivity index (χ0) is 22.1. The number of hydrogen-bond acceptors (Lipinski definition) is 5. The summed E-state index contributed by atoms with van der Waals surface area (Å²) < 4.78 is 49.6. The number of carbonyl (C=O) groups is 3. The van der Waals surface area contributed by atoms with Crippen LogP contribution in [0.3, 0.4) is 0 Å². The van der Waals surface area contributed by atoms with Crippen LogP contribution in [0.25, 0.3) is 0 Å². The molecule has 1 rings (SSSR count). The van der Waals surface area contributed by atoms with E-state index in [1.807, 2.05) is 0 Å². The lowest BCUT2D eigenvalue weighted by Gasteiger charge is -2.35. The minimum Gasteiger partial charge on any atom is -0.458 e. The molecular weight excluding hydrogens is 381 g/mol. The van der Waals surface area contributed by atoms with Gasteiger partial charge in [0.2, 0.25) is 5.91 Å². The normalized spacial score (nSPS) is 21.9. The highest BCUT2D eigenvalue weighted by atomic mass is 19.4. The molecule has 1 aliphatic heterocycles. The fourth-order valence-corrected chi connectivity index (χ4v) is 2.90. The minimum atomic E-state index is -4.57. The first-order chi connectivity index (χ1) is 12.5. The van der Waals surface area contributed by atoms with Gasteiger partial charge in [-0.05, 0) is 32.6 Å². The molecule has 0 spiro atoms. The van der Waals surface area contributed by atoms with Gasteiger partial charge in [-0.2, -0.15) is 13.2 Å². The smallest absolute Gasteiger partial charge is 0.407 e. The Balaban J connectivity index is 3.22. The van der Waals surface area contributed by atoms with Crippen molar-refractivity contribution in [1.82, 2.24) is 10.2 Å². The number of methoxy groups -OCH3 is 1. The molecular formula is C18H29F3N2O5. The maximum Gasteiger partial charge on any atom is 0.407 e. The molecule has 162 valence electrons. The first kappa shape index (κ1) is 24.0. The lowest BCUT2D eigenvalue weighted by atomic mass is 9.85. The number of amides is 2. The van der Waals surface area contributed by atoms with Crippen molar-refractivity contribution in [3.8, 4) is 0 Å². The molecule has 0 aromatic carbocycles. The second kappa shape index (κ2) is 8.16. The van der Waals surface area contributed by atoms with E-state index in [4.69, 9.17) is 4.74 Å². The molecule has 10 heteroatoms. The summed E-state index contributed by atoms with van der Waals surface area (Å²) in [7, 11) is 1.11. The van der Waals surface area contributed by atoms with Crippen LogP contribution < -0.4 is 5.32 Å². The number of likely N-dealkylation sites (tertiary alicyclic amines) is 1. The standard InChI is InChI=1S/C18H29F3N2O5/c1-16(2,3)12(22-15(26)27-7)13(24)23-9-10(18(19,20)21)8-11(23)14(25)28-17(4,5)6/h10-12H,8-9H2,1-7H3,(H,22,26)/t10?,11-,12+/m0/s1. The van der Waals surface area contributed by atoms with E-state index in [9.17, 15) is 27.6 Å². The Morgan fingerprint density at radius 2 is 1.61 bits per heavy atom. The fraction of sp³-hybridized carbons (Fsp3) is 0.833. The highest BCUT2D eigenvalue weighted by Crippen LogP contribution is 2.38. The molecule has 28 heavy (non-hydrogen) atoms. The van der Waals surface area contributed by atoms with Crippen molar-refractivity contribution in [3.05, 3.63) is 0 Å². The number of alkyl halides is 3. The van der Waals surface area contributed by atoms with Crippen molar-refractivity contribution in [1.29, 1.82) is 0 Å². The maximum atomic E-state index is 13.3. The predicted molar refractivity (Wildman–Crippen MR) is 94.3 cm³/mol. The molecule has 1 saturated heterocycles. The molecule has 0 aromatic rings. The molecule has 1 fully saturated rings. The Morgan fingerprint density at radius 1 is 1.07 bits per heavy atom. The molecule has 0 radical (unpaired) electrons. The second-order valence-electron chi connectivity index (χ2n) is 8.95. The SMILES string of the molecule is COC(=O)N[C@H](C(=O)N1CC(C(F)(F)F)C[C@H]1C(=O)OC(C)(C)C)C(C)(C)C. The van der Waals surface area contributed by atoms with Crippen molar-refractivity contribution in [2.75, 3.05) is 13.7 Å². The number of ether oxygens (including phenoxy) is 2. The molecule has 0 bridgehead atoms. The summed E-state index contributed by atoms with van der Waals surface area (Å²) in [4.78, 5) is 38.1. The zero-order valence-corrected chi connectivity index (χ0v) is 17.3. The molecule has 1 N–H and O–H groups in total. The van der Waals surface area contributed by atoms with Gasteiger partial charge >= 0.3 is 18.2 Å².